The minimum atomic E-state index is 1.36. The molecule has 0 bridgehead atoms. The van der Waals surface area contributed by atoms with Crippen molar-refractivity contribution in [3.05, 3.63) is 0 Å². The summed E-state index contributed by atoms with van der Waals surface area (Å²) in [7, 11) is 0. The summed E-state index contributed by atoms with van der Waals surface area (Å²) in [4.78, 5) is 0. The van der Waals surface area contributed by atoms with Crippen LogP contribution in [-0.4, -0.2) is 0 Å². The zero-order valence-electron chi connectivity index (χ0n) is 29.0. The molecule has 0 nitrogen and oxygen atoms in total. The van der Waals surface area contributed by atoms with Crippen molar-refractivity contribution in [3.8, 4) is 0 Å². The zero-order chi connectivity index (χ0) is 29.0. The number of hydrogen-bond donors (Lipinski definition) is 0. The maximum absolute atomic E-state index is 2.23. The highest BCUT2D eigenvalue weighted by molar-refractivity contribution is 4.34. The lowest BCUT2D eigenvalue weighted by molar-refractivity contribution is 0.702. The maximum Gasteiger partial charge on any atom is -0.0536 e. The molecule has 36 heavy (non-hydrogen) atoms. The van der Waals surface area contributed by atoms with Gasteiger partial charge in [0.25, 0.3) is 0 Å². The summed E-state index contributed by atoms with van der Waals surface area (Å²) in [5.41, 5.74) is 0. The Morgan fingerprint density at radius 3 is 0.222 bits per heavy atom. The van der Waals surface area contributed by atoms with Crippen molar-refractivity contribution in [1.29, 1.82) is 0 Å². The van der Waals surface area contributed by atoms with Crippen LogP contribution in [0.5, 0.6) is 0 Å². The largest absolute Gasteiger partial charge is 0.0654 e. The Balaban J connectivity index is -0.0000000750. The second kappa shape index (κ2) is 70.2. The second-order valence-electron chi connectivity index (χ2n) is 10.2. The van der Waals surface area contributed by atoms with Gasteiger partial charge in [-0.15, -0.1) is 0 Å². The topological polar surface area (TPSA) is 0 Å². The fourth-order valence-corrected chi connectivity index (χ4v) is 3.00. The minimum Gasteiger partial charge on any atom is -0.0654 e. The number of hydrogen-bond acceptors (Lipinski definition) is 0. The first kappa shape index (κ1) is 49.0. The van der Waals surface area contributed by atoms with E-state index in [1.54, 1.807) is 0 Å². The summed E-state index contributed by atoms with van der Waals surface area (Å²) >= 11 is 0. The molecule has 228 valence electrons. The molecule has 0 aromatic carbocycles. The fraction of sp³-hybridized carbons (Fsp3) is 1.00. The van der Waals surface area contributed by atoms with Gasteiger partial charge in [-0.1, -0.05) is 237 Å². The molecule has 0 radical (unpaired) electrons. The van der Waals surface area contributed by atoms with Gasteiger partial charge in [-0.05, 0) is 0 Å². The Kier molecular flexibility index (Phi) is 95.6. The standard InChI is InChI=1S/6C6H14/c6*1-3-5-6-4-2/h6*3-6H2,1-2H3. The van der Waals surface area contributed by atoms with E-state index in [-0.39, 0.29) is 0 Å². The van der Waals surface area contributed by atoms with E-state index in [0.717, 1.165) is 0 Å². The lowest BCUT2D eigenvalue weighted by Gasteiger charge is -1.86. The molecule has 0 spiro atoms. The molecule has 0 saturated carbocycles. The molecule has 0 aromatic heterocycles. The van der Waals surface area contributed by atoms with Crippen LogP contribution in [0.25, 0.3) is 0 Å². The molecule has 0 saturated heterocycles. The van der Waals surface area contributed by atoms with Crippen LogP contribution in [0, 0.1) is 0 Å². The van der Waals surface area contributed by atoms with Gasteiger partial charge < -0.3 is 0 Å². The molecule has 0 heteroatoms. The van der Waals surface area contributed by atoms with Gasteiger partial charge in [-0.2, -0.15) is 0 Å². The molecule has 0 rings (SSSR count). The monoisotopic (exact) mass is 517 g/mol. The van der Waals surface area contributed by atoms with Crippen LogP contribution < -0.4 is 0 Å². The quantitative estimate of drug-likeness (QED) is 0.159. The predicted molar refractivity (Wildman–Crippen MR) is 179 cm³/mol. The van der Waals surface area contributed by atoms with Gasteiger partial charge in [0.1, 0.15) is 0 Å². The highest BCUT2D eigenvalue weighted by atomic mass is 13.8. The Labute approximate surface area is 237 Å². The highest BCUT2D eigenvalue weighted by Crippen LogP contribution is 1.98. The van der Waals surface area contributed by atoms with Gasteiger partial charge in [-0.25, -0.2) is 0 Å². The first-order valence-corrected chi connectivity index (χ1v) is 17.5. The third-order valence-electron chi connectivity index (χ3n) is 5.74. The summed E-state index contributed by atoms with van der Waals surface area (Å²) in [5, 5.41) is 0. The molecule has 0 N–H and O–H groups in total. The number of unbranched alkanes of at least 4 members (excludes halogenated alkanes) is 18. The van der Waals surface area contributed by atoms with E-state index in [4.69, 9.17) is 0 Å². The SMILES string of the molecule is CCCCCC.CCCCCC.CCCCCC.CCCCCC.CCCCCC.CCCCCC. The van der Waals surface area contributed by atoms with Crippen LogP contribution in [0.3, 0.4) is 0 Å². The third-order valence-corrected chi connectivity index (χ3v) is 5.74. The van der Waals surface area contributed by atoms with Crippen molar-refractivity contribution in [2.24, 2.45) is 0 Å². The normalized spacial score (nSPS) is 9.00. The third kappa shape index (κ3) is 114. The van der Waals surface area contributed by atoms with Crippen LogP contribution in [0.1, 0.15) is 237 Å². The van der Waals surface area contributed by atoms with Crippen molar-refractivity contribution >= 4 is 0 Å². The summed E-state index contributed by atoms with van der Waals surface area (Å²) in [6.45, 7) is 26.8. The molecule has 0 heterocycles. The summed E-state index contributed by atoms with van der Waals surface area (Å²) in [5.74, 6) is 0. The maximum atomic E-state index is 2.23. The number of rotatable bonds is 18. The summed E-state index contributed by atoms with van der Waals surface area (Å²) in [6, 6.07) is 0. The van der Waals surface area contributed by atoms with E-state index in [9.17, 15) is 0 Å². The van der Waals surface area contributed by atoms with E-state index in [0.29, 0.717) is 0 Å². The minimum absolute atomic E-state index is 1.36. The molecule has 0 aliphatic carbocycles. The van der Waals surface area contributed by atoms with Gasteiger partial charge in [-0.3, -0.25) is 0 Å². The van der Waals surface area contributed by atoms with E-state index in [1.165, 1.54) is 154 Å². The van der Waals surface area contributed by atoms with Gasteiger partial charge in [0.2, 0.25) is 0 Å². The zero-order valence-corrected chi connectivity index (χ0v) is 29.0. The predicted octanol–water partition coefficient (Wildman–Crippen LogP) is 15.5. The van der Waals surface area contributed by atoms with Crippen LogP contribution >= 0.6 is 0 Å². The summed E-state index contributed by atoms with van der Waals surface area (Å²) in [6.07, 6.45) is 33.2. The van der Waals surface area contributed by atoms with Crippen LogP contribution in [0.2, 0.25) is 0 Å². The second-order valence-corrected chi connectivity index (χ2v) is 10.2. The first-order valence-electron chi connectivity index (χ1n) is 17.5. The van der Waals surface area contributed by atoms with Gasteiger partial charge in [0.15, 0.2) is 0 Å². The molecule has 0 aliphatic rings. The lowest BCUT2D eigenvalue weighted by Crippen LogP contribution is -1.66. The van der Waals surface area contributed by atoms with Crippen LogP contribution in [-0.2, 0) is 0 Å². The Hall–Kier alpha value is 0. The molecular weight excluding hydrogens is 432 g/mol. The Morgan fingerprint density at radius 2 is 0.194 bits per heavy atom. The molecule has 0 aromatic rings. The van der Waals surface area contributed by atoms with Crippen molar-refractivity contribution < 1.29 is 0 Å². The van der Waals surface area contributed by atoms with Crippen molar-refractivity contribution in [2.75, 3.05) is 0 Å². The first-order chi connectivity index (χ1) is 17.5. The van der Waals surface area contributed by atoms with Crippen LogP contribution in [0.4, 0.5) is 0 Å². The molecule has 0 fully saturated rings. The van der Waals surface area contributed by atoms with Gasteiger partial charge in [0, 0.05) is 0 Å². The van der Waals surface area contributed by atoms with Crippen molar-refractivity contribution in [1.82, 2.24) is 0 Å². The molecular formula is C36H84. The van der Waals surface area contributed by atoms with E-state index < -0.39 is 0 Å². The molecule has 0 atom stereocenters. The van der Waals surface area contributed by atoms with Crippen molar-refractivity contribution in [3.63, 3.8) is 0 Å². The highest BCUT2D eigenvalue weighted by Gasteiger charge is 1.78. The smallest absolute Gasteiger partial charge is 0.0536 e. The van der Waals surface area contributed by atoms with Gasteiger partial charge >= 0.3 is 0 Å². The Bertz CT molecular complexity index is 134. The van der Waals surface area contributed by atoms with E-state index >= 15 is 0 Å². The molecule has 0 amide bonds. The molecule has 0 aliphatic heterocycles. The van der Waals surface area contributed by atoms with E-state index in [1.807, 2.05) is 0 Å². The van der Waals surface area contributed by atoms with Crippen molar-refractivity contribution in [2.45, 2.75) is 237 Å². The lowest BCUT2D eigenvalue weighted by atomic mass is 10.2. The van der Waals surface area contributed by atoms with Gasteiger partial charge in [0.05, 0.1) is 0 Å². The summed E-state index contributed by atoms with van der Waals surface area (Å²) < 4.78 is 0. The molecule has 0 unspecified atom stereocenters. The van der Waals surface area contributed by atoms with E-state index in [2.05, 4.69) is 83.1 Å². The fourth-order valence-electron chi connectivity index (χ4n) is 3.00. The average molecular weight is 517 g/mol. The Morgan fingerprint density at radius 1 is 0.139 bits per heavy atom. The van der Waals surface area contributed by atoms with Crippen LogP contribution in [0.15, 0.2) is 0 Å². The average Bonchev–Trinajstić information content (AvgIpc) is 2.92.